The molecule has 3 aromatic rings. The molecule has 0 saturated carbocycles. The second-order valence-electron chi connectivity index (χ2n) is 9.86. The number of aromatic nitrogens is 1. The van der Waals surface area contributed by atoms with Gasteiger partial charge in [-0.1, -0.05) is 74.4 Å². The Labute approximate surface area is 254 Å². The third kappa shape index (κ3) is 9.36. The highest BCUT2D eigenvalue weighted by molar-refractivity contribution is 7.14. The van der Waals surface area contributed by atoms with Gasteiger partial charge in [-0.15, -0.1) is 11.3 Å². The van der Waals surface area contributed by atoms with Crippen LogP contribution >= 0.6 is 34.5 Å². The van der Waals surface area contributed by atoms with E-state index < -0.39 is 11.9 Å². The zero-order valence-corrected chi connectivity index (χ0v) is 25.8. The Morgan fingerprint density at radius 3 is 2.51 bits per heavy atom. The maximum Gasteiger partial charge on any atom is 0.331 e. The minimum absolute atomic E-state index is 0.0499. The van der Waals surface area contributed by atoms with Crippen LogP contribution in [-0.4, -0.2) is 35.2 Å². The molecule has 2 N–H and O–H groups in total. The van der Waals surface area contributed by atoms with Crippen molar-refractivity contribution in [3.8, 4) is 11.3 Å². The van der Waals surface area contributed by atoms with Gasteiger partial charge in [-0.25, -0.2) is 14.2 Å². The summed E-state index contributed by atoms with van der Waals surface area (Å²) in [6, 6.07) is 8.07. The fourth-order valence-electron chi connectivity index (χ4n) is 4.40. The third-order valence-electron chi connectivity index (χ3n) is 6.82. The lowest BCUT2D eigenvalue weighted by atomic mass is 9.99. The number of aliphatic carboxylic acids is 1. The van der Waals surface area contributed by atoms with Crippen LogP contribution in [0.4, 0.5) is 9.52 Å². The number of thiazole rings is 1. The third-order valence-corrected chi connectivity index (χ3v) is 8.20. The number of nitrogens with zero attached hydrogens (tertiary/aromatic N) is 1. The molecule has 1 heterocycles. The van der Waals surface area contributed by atoms with Crippen molar-refractivity contribution >= 4 is 57.6 Å². The van der Waals surface area contributed by atoms with Crippen LogP contribution < -0.4 is 5.32 Å². The molecular formula is C31H35Cl2FN2O4S. The SMILES string of the molecule is CCCCCCCC(CCc1cccc(-c2csc(NC(=O)c3cc(Cl)c(C=C(C)C(=O)O)c(Cl)c3)n2)c1F)OC. The maximum atomic E-state index is 15.5. The monoisotopic (exact) mass is 620 g/mol. The summed E-state index contributed by atoms with van der Waals surface area (Å²) in [4.78, 5) is 28.4. The van der Waals surface area contributed by atoms with E-state index in [0.29, 0.717) is 28.8 Å². The quantitative estimate of drug-likeness (QED) is 0.130. The van der Waals surface area contributed by atoms with Crippen molar-refractivity contribution in [3.05, 3.63) is 73.8 Å². The summed E-state index contributed by atoms with van der Waals surface area (Å²) in [7, 11) is 1.71. The van der Waals surface area contributed by atoms with Crippen LogP contribution in [0.2, 0.25) is 10.0 Å². The predicted octanol–water partition coefficient (Wildman–Crippen LogP) is 9.30. The summed E-state index contributed by atoms with van der Waals surface area (Å²) in [6.45, 7) is 3.62. The van der Waals surface area contributed by atoms with Crippen molar-refractivity contribution in [2.24, 2.45) is 0 Å². The van der Waals surface area contributed by atoms with Gasteiger partial charge in [0.2, 0.25) is 0 Å². The standard InChI is InChI=1S/C31H35Cl2FN2O4S/c1-4-5-6-7-8-11-22(40-3)14-13-20-10-9-12-23(28(20)34)27-18-41-31(35-27)36-29(37)21-16-25(32)24(26(33)17-21)15-19(2)30(38)39/h9-10,12,15-18,22H,4-8,11,13-14H2,1-3H3,(H,38,39)(H,35,36,37). The number of amides is 1. The van der Waals surface area contributed by atoms with E-state index in [1.54, 1.807) is 24.6 Å². The zero-order chi connectivity index (χ0) is 29.9. The Bertz CT molecular complexity index is 1370. The van der Waals surface area contributed by atoms with E-state index in [-0.39, 0.29) is 38.2 Å². The molecule has 0 fully saturated rings. The van der Waals surface area contributed by atoms with Crippen LogP contribution in [0, 0.1) is 5.82 Å². The summed E-state index contributed by atoms with van der Waals surface area (Å²) in [5.74, 6) is -1.94. The molecule has 0 bridgehead atoms. The first-order chi connectivity index (χ1) is 19.6. The summed E-state index contributed by atoms with van der Waals surface area (Å²) < 4.78 is 21.1. The number of ether oxygens (including phenoxy) is 1. The van der Waals surface area contributed by atoms with Gasteiger partial charge in [0.05, 0.1) is 21.8 Å². The van der Waals surface area contributed by atoms with E-state index in [0.717, 1.165) is 19.3 Å². The lowest BCUT2D eigenvalue weighted by molar-refractivity contribution is -0.132. The van der Waals surface area contributed by atoms with Gasteiger partial charge in [0.1, 0.15) is 5.82 Å². The summed E-state index contributed by atoms with van der Waals surface area (Å²) in [6.07, 6.45) is 9.69. The van der Waals surface area contributed by atoms with Gasteiger partial charge in [0.25, 0.3) is 5.91 Å². The molecule has 0 aliphatic rings. The van der Waals surface area contributed by atoms with Gasteiger partial charge in [0.15, 0.2) is 5.13 Å². The van der Waals surface area contributed by atoms with E-state index in [1.807, 2.05) is 6.07 Å². The number of unbranched alkanes of at least 4 members (excludes halogenated alkanes) is 4. The number of benzene rings is 2. The number of rotatable bonds is 15. The van der Waals surface area contributed by atoms with Crippen molar-refractivity contribution < 1.29 is 23.8 Å². The first-order valence-corrected chi connectivity index (χ1v) is 15.3. The number of carbonyl (C=O) groups excluding carboxylic acids is 1. The van der Waals surface area contributed by atoms with E-state index >= 15 is 4.39 Å². The lowest BCUT2D eigenvalue weighted by Crippen LogP contribution is -2.12. The Balaban J connectivity index is 1.67. The number of carboxylic acid groups (broad SMARTS) is 1. The predicted molar refractivity (Wildman–Crippen MR) is 166 cm³/mol. The molecule has 0 spiro atoms. The average Bonchev–Trinajstić information content (AvgIpc) is 3.40. The van der Waals surface area contributed by atoms with E-state index in [4.69, 9.17) is 33.0 Å². The molecule has 220 valence electrons. The minimum atomic E-state index is -1.10. The number of hydrogen-bond donors (Lipinski definition) is 2. The van der Waals surface area contributed by atoms with Crippen molar-refractivity contribution in [1.29, 1.82) is 0 Å². The molecule has 41 heavy (non-hydrogen) atoms. The van der Waals surface area contributed by atoms with E-state index in [2.05, 4.69) is 17.2 Å². The van der Waals surface area contributed by atoms with Crippen molar-refractivity contribution in [1.82, 2.24) is 4.98 Å². The molecule has 0 saturated heterocycles. The second-order valence-corrected chi connectivity index (χ2v) is 11.5. The Hall–Kier alpha value is -2.78. The average molecular weight is 622 g/mol. The second kappa shape index (κ2) is 16.0. The minimum Gasteiger partial charge on any atom is -0.478 e. The van der Waals surface area contributed by atoms with Crippen molar-refractivity contribution in [2.45, 2.75) is 71.3 Å². The normalized spacial score (nSPS) is 12.4. The topological polar surface area (TPSA) is 88.5 Å². The van der Waals surface area contributed by atoms with E-state index in [1.165, 1.54) is 62.2 Å². The molecule has 0 aliphatic carbocycles. The van der Waals surface area contributed by atoms with Crippen molar-refractivity contribution in [2.75, 3.05) is 12.4 Å². The highest BCUT2D eigenvalue weighted by atomic mass is 35.5. The summed E-state index contributed by atoms with van der Waals surface area (Å²) in [5.41, 5.74) is 1.92. The highest BCUT2D eigenvalue weighted by Gasteiger charge is 2.18. The fourth-order valence-corrected chi connectivity index (χ4v) is 5.70. The fraction of sp³-hybridized carbons (Fsp3) is 0.387. The zero-order valence-electron chi connectivity index (χ0n) is 23.4. The maximum absolute atomic E-state index is 15.5. The molecule has 1 aromatic heterocycles. The van der Waals surface area contributed by atoms with Crippen LogP contribution in [-0.2, 0) is 16.0 Å². The van der Waals surface area contributed by atoms with Crippen LogP contribution in [0.5, 0.6) is 0 Å². The molecule has 1 amide bonds. The van der Waals surface area contributed by atoms with Crippen LogP contribution in [0.3, 0.4) is 0 Å². The van der Waals surface area contributed by atoms with Gasteiger partial charge >= 0.3 is 5.97 Å². The molecular weight excluding hydrogens is 586 g/mol. The highest BCUT2D eigenvalue weighted by Crippen LogP contribution is 2.32. The Kier molecular flexibility index (Phi) is 12.8. The first kappa shape index (κ1) is 32.7. The molecule has 3 rings (SSSR count). The van der Waals surface area contributed by atoms with Crippen LogP contribution in [0.15, 0.2) is 41.3 Å². The lowest BCUT2D eigenvalue weighted by Gasteiger charge is -2.16. The number of nitrogens with one attached hydrogen (secondary N) is 1. The largest absolute Gasteiger partial charge is 0.478 e. The molecule has 0 aliphatic heterocycles. The van der Waals surface area contributed by atoms with E-state index in [9.17, 15) is 9.59 Å². The smallest absolute Gasteiger partial charge is 0.331 e. The summed E-state index contributed by atoms with van der Waals surface area (Å²) >= 11 is 13.7. The van der Waals surface area contributed by atoms with Crippen LogP contribution in [0.1, 0.15) is 80.3 Å². The Morgan fingerprint density at radius 1 is 1.15 bits per heavy atom. The van der Waals surface area contributed by atoms with Gasteiger partial charge in [0, 0.05) is 34.8 Å². The van der Waals surface area contributed by atoms with Gasteiger partial charge in [-0.05, 0) is 56.0 Å². The van der Waals surface area contributed by atoms with Gasteiger partial charge < -0.3 is 9.84 Å². The molecule has 2 aromatic carbocycles. The number of carboxylic acids is 1. The number of hydrogen-bond acceptors (Lipinski definition) is 5. The molecule has 1 unspecified atom stereocenters. The van der Waals surface area contributed by atoms with Gasteiger partial charge in [-0.3, -0.25) is 10.1 Å². The Morgan fingerprint density at radius 2 is 1.85 bits per heavy atom. The number of halogens is 3. The first-order valence-electron chi connectivity index (χ1n) is 13.6. The molecule has 0 radical (unpaired) electrons. The molecule has 6 nitrogen and oxygen atoms in total. The number of aryl methyl sites for hydroxylation is 1. The molecule has 10 heteroatoms. The molecule has 1 atom stereocenters. The van der Waals surface area contributed by atoms with Crippen LogP contribution in [0.25, 0.3) is 17.3 Å². The number of anilines is 1. The number of carbonyl (C=O) groups is 2. The van der Waals surface area contributed by atoms with Gasteiger partial charge in [-0.2, -0.15) is 0 Å². The summed E-state index contributed by atoms with van der Waals surface area (Å²) in [5, 5.41) is 14.0. The van der Waals surface area contributed by atoms with Crippen molar-refractivity contribution in [3.63, 3.8) is 0 Å². The number of methoxy groups -OCH3 is 1.